The van der Waals surface area contributed by atoms with Gasteiger partial charge in [0.15, 0.2) is 0 Å². The molecular weight excluding hydrogens is 335 g/mol. The van der Waals surface area contributed by atoms with Crippen molar-refractivity contribution >= 4 is 26.0 Å². The fourth-order valence-corrected chi connectivity index (χ4v) is 4.54. The Bertz CT molecular complexity index is 557. The summed E-state index contributed by atoms with van der Waals surface area (Å²) < 4.78 is 39.7. The van der Waals surface area contributed by atoms with Crippen LogP contribution in [-0.4, -0.2) is 50.3 Å². The number of sulfonamides is 1. The third-order valence-electron chi connectivity index (χ3n) is 3.29. The van der Waals surface area contributed by atoms with Gasteiger partial charge in [-0.25, -0.2) is 12.8 Å². The summed E-state index contributed by atoms with van der Waals surface area (Å²) in [6.07, 6.45) is 0. The Morgan fingerprint density at radius 1 is 1.26 bits per heavy atom. The summed E-state index contributed by atoms with van der Waals surface area (Å²) in [6.45, 7) is 5.39. The minimum Gasteiger partial charge on any atom is -0.301 e. The summed E-state index contributed by atoms with van der Waals surface area (Å²) >= 11 is 3.12. The number of likely N-dealkylation sites (N-methyl/N-ethyl adjacent to an activating group) is 1. The third kappa shape index (κ3) is 3.16. The summed E-state index contributed by atoms with van der Waals surface area (Å²) in [5, 5.41) is 0. The molecule has 0 aliphatic carbocycles. The first-order chi connectivity index (χ1) is 8.95. The second-order valence-electron chi connectivity index (χ2n) is 4.41. The van der Waals surface area contributed by atoms with Gasteiger partial charge in [-0.05, 0) is 40.7 Å². The van der Waals surface area contributed by atoms with E-state index >= 15 is 0 Å². The normalized spacial score (nSPS) is 18.7. The van der Waals surface area contributed by atoms with Crippen LogP contribution in [-0.2, 0) is 10.0 Å². The molecule has 1 saturated heterocycles. The van der Waals surface area contributed by atoms with Crippen LogP contribution in [0.15, 0.2) is 27.6 Å². The number of halogens is 2. The number of piperazine rings is 1. The van der Waals surface area contributed by atoms with Crippen LogP contribution in [0.4, 0.5) is 4.39 Å². The first-order valence-corrected chi connectivity index (χ1v) is 8.36. The molecule has 19 heavy (non-hydrogen) atoms. The van der Waals surface area contributed by atoms with Crippen molar-refractivity contribution in [1.82, 2.24) is 9.21 Å². The quantitative estimate of drug-likeness (QED) is 0.836. The van der Waals surface area contributed by atoms with Gasteiger partial charge in [-0.2, -0.15) is 4.31 Å². The highest BCUT2D eigenvalue weighted by Crippen LogP contribution is 2.26. The van der Waals surface area contributed by atoms with Gasteiger partial charge in [-0.15, -0.1) is 0 Å². The molecule has 1 fully saturated rings. The highest BCUT2D eigenvalue weighted by molar-refractivity contribution is 9.10. The van der Waals surface area contributed by atoms with E-state index in [9.17, 15) is 12.8 Å². The van der Waals surface area contributed by atoms with Gasteiger partial charge >= 0.3 is 0 Å². The summed E-state index contributed by atoms with van der Waals surface area (Å²) in [6, 6.07) is 3.65. The Labute approximate surface area is 121 Å². The van der Waals surface area contributed by atoms with E-state index in [0.29, 0.717) is 13.1 Å². The zero-order valence-corrected chi connectivity index (χ0v) is 13.0. The first-order valence-electron chi connectivity index (χ1n) is 6.12. The van der Waals surface area contributed by atoms with Crippen molar-refractivity contribution < 1.29 is 12.8 Å². The maximum atomic E-state index is 13.0. The van der Waals surface area contributed by atoms with Crippen LogP contribution in [0.5, 0.6) is 0 Å². The summed E-state index contributed by atoms with van der Waals surface area (Å²) in [5.41, 5.74) is 0. The zero-order chi connectivity index (χ0) is 14.0. The Hall–Kier alpha value is -0.500. The second kappa shape index (κ2) is 5.87. The maximum absolute atomic E-state index is 13.0. The second-order valence-corrected chi connectivity index (χ2v) is 7.17. The van der Waals surface area contributed by atoms with E-state index in [1.165, 1.54) is 22.5 Å². The van der Waals surface area contributed by atoms with Gasteiger partial charge in [-0.3, -0.25) is 0 Å². The monoisotopic (exact) mass is 350 g/mol. The van der Waals surface area contributed by atoms with E-state index in [-0.39, 0.29) is 9.37 Å². The highest BCUT2D eigenvalue weighted by Gasteiger charge is 2.29. The Balaban J connectivity index is 2.23. The van der Waals surface area contributed by atoms with Gasteiger partial charge in [0.1, 0.15) is 5.82 Å². The molecule has 106 valence electrons. The average molecular weight is 351 g/mol. The van der Waals surface area contributed by atoms with E-state index in [2.05, 4.69) is 27.8 Å². The summed E-state index contributed by atoms with van der Waals surface area (Å²) in [7, 11) is -3.55. The molecule has 0 spiro atoms. The van der Waals surface area contributed by atoms with Gasteiger partial charge in [0.25, 0.3) is 0 Å². The van der Waals surface area contributed by atoms with Crippen LogP contribution in [0.2, 0.25) is 0 Å². The minimum absolute atomic E-state index is 0.124. The smallest absolute Gasteiger partial charge is 0.244 e. The number of hydrogen-bond acceptors (Lipinski definition) is 3. The van der Waals surface area contributed by atoms with Gasteiger partial charge in [-0.1, -0.05) is 6.92 Å². The fraction of sp³-hybridized carbons (Fsp3) is 0.500. The Morgan fingerprint density at radius 3 is 2.42 bits per heavy atom. The van der Waals surface area contributed by atoms with E-state index < -0.39 is 15.8 Å². The average Bonchev–Trinajstić information content (AvgIpc) is 2.38. The molecule has 4 nitrogen and oxygen atoms in total. The summed E-state index contributed by atoms with van der Waals surface area (Å²) in [4.78, 5) is 2.32. The molecule has 1 aromatic rings. The predicted octanol–water partition coefficient (Wildman–Crippen LogP) is 1.91. The lowest BCUT2D eigenvalue weighted by Crippen LogP contribution is -2.48. The van der Waals surface area contributed by atoms with E-state index in [1.54, 1.807) is 0 Å². The molecule has 0 atom stereocenters. The van der Waals surface area contributed by atoms with Gasteiger partial charge in [0.05, 0.1) is 4.90 Å². The van der Waals surface area contributed by atoms with Crippen LogP contribution in [0, 0.1) is 5.82 Å². The Morgan fingerprint density at radius 2 is 1.89 bits per heavy atom. The van der Waals surface area contributed by atoms with E-state index in [1.807, 2.05) is 0 Å². The van der Waals surface area contributed by atoms with Crippen LogP contribution in [0.1, 0.15) is 6.92 Å². The molecule has 0 N–H and O–H groups in total. The van der Waals surface area contributed by atoms with E-state index in [4.69, 9.17) is 0 Å². The first kappa shape index (κ1) is 14.9. The molecule has 0 saturated carbocycles. The van der Waals surface area contributed by atoms with Crippen molar-refractivity contribution in [2.45, 2.75) is 11.8 Å². The third-order valence-corrected chi connectivity index (χ3v) is 6.17. The SMILES string of the molecule is CCN1CCN(S(=O)(=O)c2ccc(F)cc2Br)CC1. The summed E-state index contributed by atoms with van der Waals surface area (Å²) in [5.74, 6) is -0.457. The minimum atomic E-state index is -3.55. The predicted molar refractivity (Wildman–Crippen MR) is 75.0 cm³/mol. The molecule has 1 aliphatic heterocycles. The maximum Gasteiger partial charge on any atom is 0.244 e. The molecule has 0 radical (unpaired) electrons. The topological polar surface area (TPSA) is 40.6 Å². The van der Waals surface area contributed by atoms with E-state index in [0.717, 1.165) is 19.6 Å². The standard InChI is InChI=1S/C12H16BrFN2O2S/c1-2-15-5-7-16(8-6-15)19(17,18)12-4-3-10(14)9-11(12)13/h3-4,9H,2,5-8H2,1H3. The molecule has 0 unspecified atom stereocenters. The largest absolute Gasteiger partial charge is 0.301 e. The van der Waals surface area contributed by atoms with Crippen LogP contribution in [0.3, 0.4) is 0 Å². The lowest BCUT2D eigenvalue weighted by molar-refractivity contribution is 0.196. The molecule has 7 heteroatoms. The van der Waals surface area contributed by atoms with Crippen molar-refractivity contribution in [2.75, 3.05) is 32.7 Å². The van der Waals surface area contributed by atoms with Crippen molar-refractivity contribution in [2.24, 2.45) is 0 Å². The molecular formula is C12H16BrFN2O2S. The van der Waals surface area contributed by atoms with Crippen molar-refractivity contribution in [1.29, 1.82) is 0 Å². The number of rotatable bonds is 3. The molecule has 0 aromatic heterocycles. The molecule has 1 aromatic carbocycles. The molecule has 1 aliphatic rings. The molecule has 1 heterocycles. The fourth-order valence-electron chi connectivity index (χ4n) is 2.11. The van der Waals surface area contributed by atoms with Crippen LogP contribution < -0.4 is 0 Å². The zero-order valence-electron chi connectivity index (χ0n) is 10.6. The van der Waals surface area contributed by atoms with Crippen molar-refractivity contribution in [3.05, 3.63) is 28.5 Å². The number of nitrogens with zero attached hydrogens (tertiary/aromatic N) is 2. The molecule has 2 rings (SSSR count). The molecule has 0 amide bonds. The van der Waals surface area contributed by atoms with Crippen molar-refractivity contribution in [3.63, 3.8) is 0 Å². The number of hydrogen-bond donors (Lipinski definition) is 0. The lowest BCUT2D eigenvalue weighted by atomic mass is 10.3. The highest BCUT2D eigenvalue weighted by atomic mass is 79.9. The molecule has 0 bridgehead atoms. The van der Waals surface area contributed by atoms with Gasteiger partial charge < -0.3 is 4.90 Å². The van der Waals surface area contributed by atoms with Gasteiger partial charge in [0.2, 0.25) is 10.0 Å². The van der Waals surface area contributed by atoms with Gasteiger partial charge in [0, 0.05) is 30.7 Å². The lowest BCUT2D eigenvalue weighted by Gasteiger charge is -2.33. The van der Waals surface area contributed by atoms with Crippen molar-refractivity contribution in [3.8, 4) is 0 Å². The Kier molecular flexibility index (Phi) is 4.60. The van der Waals surface area contributed by atoms with Crippen LogP contribution in [0.25, 0.3) is 0 Å². The number of benzene rings is 1. The van der Waals surface area contributed by atoms with Crippen LogP contribution >= 0.6 is 15.9 Å².